The maximum absolute atomic E-state index is 9.79. The summed E-state index contributed by atoms with van der Waals surface area (Å²) in [6, 6.07) is 0. The highest BCUT2D eigenvalue weighted by atomic mass is 16.5. The van der Waals surface area contributed by atoms with Crippen LogP contribution in [-0.4, -0.2) is 29.8 Å². The number of amides is 3. The van der Waals surface area contributed by atoms with Gasteiger partial charge >= 0.3 is 12.2 Å². The molecule has 3 amide bonds. The molecule has 8 nitrogen and oxygen atoms in total. The third kappa shape index (κ3) is 43.4. The molecular weight excluding hydrogens is 170 g/mol. The molecule has 0 aliphatic carbocycles. The first kappa shape index (κ1) is 12.7. The molecule has 0 aromatic rings. The zero-order valence-electron chi connectivity index (χ0n) is 6.02. The van der Waals surface area contributed by atoms with E-state index >= 15 is 0 Å². The van der Waals surface area contributed by atoms with Crippen molar-refractivity contribution in [1.29, 1.82) is 0 Å². The van der Waals surface area contributed by atoms with Gasteiger partial charge in [0.25, 0.3) is 5.91 Å². The summed E-state index contributed by atoms with van der Waals surface area (Å²) in [7, 11) is 0. The molecule has 0 saturated carbocycles. The Morgan fingerprint density at radius 2 is 1.50 bits per heavy atom. The molecule has 0 radical (unpaired) electrons. The van der Waals surface area contributed by atoms with Crippen molar-refractivity contribution >= 4 is 18.1 Å². The van der Waals surface area contributed by atoms with Crippen LogP contribution >= 0.6 is 0 Å². The summed E-state index contributed by atoms with van der Waals surface area (Å²) >= 11 is 0. The maximum Gasteiger partial charge on any atom is 0.405 e. The minimum Gasteiger partial charge on any atom is -0.465 e. The van der Waals surface area contributed by atoms with Gasteiger partial charge in [-0.1, -0.05) is 0 Å². The summed E-state index contributed by atoms with van der Waals surface area (Å²) in [5.74, 6) is -0.719. The molecule has 0 bridgehead atoms. The zero-order chi connectivity index (χ0) is 10.1. The van der Waals surface area contributed by atoms with E-state index < -0.39 is 24.7 Å². The monoisotopic (exact) mass is 179 g/mol. The van der Waals surface area contributed by atoms with Crippen molar-refractivity contribution in [3.63, 3.8) is 0 Å². The number of primary amides is 3. The van der Waals surface area contributed by atoms with Crippen molar-refractivity contribution in [3.8, 4) is 0 Å². The van der Waals surface area contributed by atoms with Crippen molar-refractivity contribution in [2.45, 2.75) is 0 Å². The van der Waals surface area contributed by atoms with Gasteiger partial charge in [0.05, 0.1) is 0 Å². The van der Waals surface area contributed by atoms with Crippen molar-refractivity contribution in [3.05, 3.63) is 0 Å². The third-order valence-electron chi connectivity index (χ3n) is 0.357. The van der Waals surface area contributed by atoms with Gasteiger partial charge in [0, 0.05) is 0 Å². The van der Waals surface area contributed by atoms with Crippen molar-refractivity contribution in [2.75, 3.05) is 6.61 Å². The van der Waals surface area contributed by atoms with Gasteiger partial charge in [0.15, 0.2) is 6.61 Å². The first-order valence-corrected chi connectivity index (χ1v) is 2.55. The van der Waals surface area contributed by atoms with Gasteiger partial charge in [-0.3, -0.25) is 4.79 Å². The molecule has 7 N–H and O–H groups in total. The minimum absolute atomic E-state index is 0.449. The van der Waals surface area contributed by atoms with E-state index in [9.17, 15) is 9.59 Å². The van der Waals surface area contributed by atoms with Crippen LogP contribution < -0.4 is 17.2 Å². The van der Waals surface area contributed by atoms with Crippen LogP contribution in [0.2, 0.25) is 0 Å². The number of nitrogens with two attached hydrogens (primary N) is 3. The van der Waals surface area contributed by atoms with Gasteiger partial charge in [0.2, 0.25) is 0 Å². The average Bonchev–Trinajstić information content (AvgIpc) is 1.82. The lowest BCUT2D eigenvalue weighted by Crippen LogP contribution is -2.23. The van der Waals surface area contributed by atoms with Gasteiger partial charge in [0.1, 0.15) is 0 Å². The smallest absolute Gasteiger partial charge is 0.405 e. The summed E-state index contributed by atoms with van der Waals surface area (Å²) in [6.45, 7) is -0.449. The van der Waals surface area contributed by atoms with E-state index in [1.165, 1.54) is 0 Å². The number of hydrogen-bond donors (Lipinski definition) is 4. The Kier molecular flexibility index (Phi) is 7.52. The fraction of sp³-hybridized carbons (Fsp3) is 0.250. The van der Waals surface area contributed by atoms with Crippen LogP contribution in [0.5, 0.6) is 0 Å². The molecular formula is C4H9N3O5. The fourth-order valence-electron chi connectivity index (χ4n) is 0.142. The molecule has 0 saturated heterocycles. The molecule has 0 heterocycles. The normalized spacial score (nSPS) is 7.33. The highest BCUT2D eigenvalue weighted by Gasteiger charge is 1.95. The summed E-state index contributed by atoms with van der Waals surface area (Å²) in [5.41, 5.74) is 13.1. The fourth-order valence-corrected chi connectivity index (χ4v) is 0.142. The van der Waals surface area contributed by atoms with Crippen LogP contribution in [-0.2, 0) is 9.53 Å². The third-order valence-corrected chi connectivity index (χ3v) is 0.357. The van der Waals surface area contributed by atoms with E-state index in [0.29, 0.717) is 0 Å². The van der Waals surface area contributed by atoms with Gasteiger partial charge < -0.3 is 27.0 Å². The van der Waals surface area contributed by atoms with Crippen LogP contribution in [0.4, 0.5) is 9.59 Å². The maximum atomic E-state index is 9.79. The second kappa shape index (κ2) is 7.12. The standard InChI is InChI=1S/C3H6N2O3.CH3NO2/c4-2(6)1-8-3(5)7;2-1(3)4/h1H2,(H2,4,6)(H2,5,7);2H2,(H,3,4). The molecule has 0 aliphatic heterocycles. The Bertz CT molecular complexity index is 162. The van der Waals surface area contributed by atoms with Gasteiger partial charge in [-0.05, 0) is 0 Å². The molecule has 0 aromatic heterocycles. The van der Waals surface area contributed by atoms with Gasteiger partial charge in [-0.15, -0.1) is 0 Å². The first-order valence-electron chi connectivity index (χ1n) is 2.55. The summed E-state index contributed by atoms with van der Waals surface area (Å²) in [4.78, 5) is 28.3. The van der Waals surface area contributed by atoms with Crippen LogP contribution in [0.15, 0.2) is 0 Å². The molecule has 70 valence electrons. The zero-order valence-corrected chi connectivity index (χ0v) is 6.02. The summed E-state index contributed by atoms with van der Waals surface area (Å²) < 4.78 is 3.97. The van der Waals surface area contributed by atoms with Crippen LogP contribution in [0, 0.1) is 0 Å². The minimum atomic E-state index is -1.33. The number of hydrogen-bond acceptors (Lipinski definition) is 4. The van der Waals surface area contributed by atoms with Gasteiger partial charge in [-0.2, -0.15) is 0 Å². The topological polar surface area (TPSA) is 159 Å². The van der Waals surface area contributed by atoms with Crippen LogP contribution in [0.3, 0.4) is 0 Å². The van der Waals surface area contributed by atoms with E-state index in [4.69, 9.17) is 9.90 Å². The molecule has 12 heavy (non-hydrogen) atoms. The molecule has 0 unspecified atom stereocenters. The second-order valence-corrected chi connectivity index (χ2v) is 1.41. The predicted molar refractivity (Wildman–Crippen MR) is 36.9 cm³/mol. The Balaban J connectivity index is 0. The van der Waals surface area contributed by atoms with Crippen LogP contribution in [0.1, 0.15) is 0 Å². The van der Waals surface area contributed by atoms with Crippen molar-refractivity contribution in [2.24, 2.45) is 17.2 Å². The molecule has 0 rings (SSSR count). The predicted octanol–water partition coefficient (Wildman–Crippen LogP) is -1.81. The first-order chi connectivity index (χ1) is 5.36. The van der Waals surface area contributed by atoms with E-state index in [1.807, 2.05) is 0 Å². The second-order valence-electron chi connectivity index (χ2n) is 1.41. The molecule has 0 atom stereocenters. The molecule has 0 spiro atoms. The quantitative estimate of drug-likeness (QED) is 0.392. The van der Waals surface area contributed by atoms with E-state index in [2.05, 4.69) is 21.9 Å². The Morgan fingerprint density at radius 1 is 1.17 bits per heavy atom. The lowest BCUT2D eigenvalue weighted by Gasteiger charge is -1.92. The highest BCUT2D eigenvalue weighted by Crippen LogP contribution is 1.68. The summed E-state index contributed by atoms with van der Waals surface area (Å²) in [5, 5.41) is 7.19. The Labute approximate surface area is 67.3 Å². The lowest BCUT2D eigenvalue weighted by atomic mass is 10.7. The van der Waals surface area contributed by atoms with E-state index in [-0.39, 0.29) is 0 Å². The number of carbonyl (C=O) groups excluding carboxylic acids is 2. The molecule has 0 fully saturated rings. The number of carbonyl (C=O) groups is 3. The van der Waals surface area contributed by atoms with E-state index in [1.54, 1.807) is 0 Å². The Morgan fingerprint density at radius 3 is 1.58 bits per heavy atom. The average molecular weight is 179 g/mol. The number of ether oxygens (including phenoxy) is 1. The van der Waals surface area contributed by atoms with Crippen molar-refractivity contribution in [1.82, 2.24) is 0 Å². The van der Waals surface area contributed by atoms with Crippen molar-refractivity contribution < 1.29 is 24.2 Å². The lowest BCUT2D eigenvalue weighted by molar-refractivity contribution is -0.120. The summed E-state index contributed by atoms with van der Waals surface area (Å²) in [6.07, 6.45) is -2.33. The number of rotatable bonds is 2. The SMILES string of the molecule is NC(=O)COC(N)=O.NC(=O)O. The highest BCUT2D eigenvalue weighted by molar-refractivity contribution is 5.77. The number of carboxylic acid groups (broad SMARTS) is 1. The Hall–Kier alpha value is -1.99. The molecule has 0 aliphatic rings. The molecule has 0 aromatic carbocycles. The van der Waals surface area contributed by atoms with E-state index in [0.717, 1.165) is 0 Å². The molecule has 8 heteroatoms. The van der Waals surface area contributed by atoms with Gasteiger partial charge in [-0.25, -0.2) is 9.59 Å². The van der Waals surface area contributed by atoms with Crippen LogP contribution in [0.25, 0.3) is 0 Å². The largest absolute Gasteiger partial charge is 0.465 e.